The largest absolute Gasteiger partial charge is 2.00 e. The second-order valence-electron chi connectivity index (χ2n) is 2.51. The summed E-state index contributed by atoms with van der Waals surface area (Å²) in [5, 5.41) is 8.26. The maximum atomic E-state index is 10.1. The molecule has 2 aliphatic rings. The summed E-state index contributed by atoms with van der Waals surface area (Å²) in [6.07, 6.45) is 16.6. The van der Waals surface area contributed by atoms with Crippen molar-refractivity contribution in [2.75, 3.05) is 0 Å². The first-order valence-electron chi connectivity index (χ1n) is 4.03. The molecule has 0 unspecified atom stereocenters. The number of hydrogen-bond donors (Lipinski definition) is 1. The predicted molar refractivity (Wildman–Crippen MR) is 49.7 cm³/mol. The normalized spacial score (nSPS) is 15.6. The van der Waals surface area contributed by atoms with E-state index >= 15 is 0 Å². The van der Waals surface area contributed by atoms with Gasteiger partial charge in [-0.3, -0.25) is 6.08 Å². The number of hydrogen-bond acceptors (Lipinski definition) is 1. The van der Waals surface area contributed by atoms with E-state index in [0.717, 1.165) is 6.42 Å². The molecular weight excluding hydrogens is 223 g/mol. The van der Waals surface area contributed by atoms with Crippen LogP contribution in [0.3, 0.4) is 0 Å². The van der Waals surface area contributed by atoms with Crippen LogP contribution in [0.25, 0.3) is 0 Å². The van der Waals surface area contributed by atoms with Crippen molar-refractivity contribution >= 4 is 5.97 Å². The first-order chi connectivity index (χ1) is 6.30. The fraction of sp³-hybridized carbons (Fsp3) is 0.182. The number of carbonyl (C=O) groups is 1. The zero-order chi connectivity index (χ0) is 9.52. The third kappa shape index (κ3) is 4.84. The molecule has 0 heterocycles. The van der Waals surface area contributed by atoms with Crippen LogP contribution in [0.5, 0.6) is 0 Å². The molecule has 0 fully saturated rings. The molecule has 0 atom stereocenters. The van der Waals surface area contributed by atoms with Gasteiger partial charge in [0.15, 0.2) is 0 Å². The predicted octanol–water partition coefficient (Wildman–Crippen LogP) is 2.06. The van der Waals surface area contributed by atoms with Crippen molar-refractivity contribution in [1.29, 1.82) is 0 Å². The summed E-state index contributed by atoms with van der Waals surface area (Å²) < 4.78 is 0. The Hall–Kier alpha value is -1.06. The first kappa shape index (κ1) is 12.9. The van der Waals surface area contributed by atoms with Crippen molar-refractivity contribution < 1.29 is 26.7 Å². The SMILES string of the molecule is O=C(O)C1=[C-]CC=C1.[C-]1=CC=CC1.[Co+2]. The van der Waals surface area contributed by atoms with Gasteiger partial charge in [-0.05, 0) is 0 Å². The van der Waals surface area contributed by atoms with Gasteiger partial charge in [0, 0.05) is 0 Å². The average Bonchev–Trinajstić information content (AvgIpc) is 2.82. The van der Waals surface area contributed by atoms with Gasteiger partial charge in [0.05, 0.1) is 0 Å². The molecule has 14 heavy (non-hydrogen) atoms. The molecule has 0 amide bonds. The zero-order valence-corrected chi connectivity index (χ0v) is 8.53. The number of carboxylic acid groups (broad SMARTS) is 1. The van der Waals surface area contributed by atoms with Gasteiger partial charge < -0.3 is 9.90 Å². The monoisotopic (exact) mass is 233 g/mol. The molecule has 3 heteroatoms. The number of carboxylic acids is 1. The molecule has 0 spiro atoms. The van der Waals surface area contributed by atoms with E-state index in [1.165, 1.54) is 0 Å². The van der Waals surface area contributed by atoms with Gasteiger partial charge in [0.2, 0.25) is 5.97 Å². The van der Waals surface area contributed by atoms with E-state index in [9.17, 15) is 4.79 Å². The first-order valence-corrected chi connectivity index (χ1v) is 4.03. The molecular formula is C11H10CoO2. The van der Waals surface area contributed by atoms with Gasteiger partial charge in [-0.1, -0.05) is 6.42 Å². The average molecular weight is 233 g/mol. The molecule has 1 radical (unpaired) electrons. The Morgan fingerprint density at radius 2 is 2.14 bits per heavy atom. The van der Waals surface area contributed by atoms with E-state index in [2.05, 4.69) is 18.2 Å². The van der Waals surface area contributed by atoms with Gasteiger partial charge in [0.25, 0.3) is 0 Å². The van der Waals surface area contributed by atoms with E-state index in [1.807, 2.05) is 12.2 Å². The number of aliphatic carboxylic acids is 1. The van der Waals surface area contributed by atoms with Crippen LogP contribution in [0.2, 0.25) is 0 Å². The molecule has 0 saturated carbocycles. The topological polar surface area (TPSA) is 37.3 Å². The van der Waals surface area contributed by atoms with Gasteiger partial charge in [-0.15, -0.1) is 18.1 Å². The van der Waals surface area contributed by atoms with Crippen LogP contribution < -0.4 is 0 Å². The molecule has 75 valence electrons. The maximum Gasteiger partial charge on any atom is 2.00 e. The van der Waals surface area contributed by atoms with Crippen LogP contribution in [-0.4, -0.2) is 11.1 Å². The summed E-state index contributed by atoms with van der Waals surface area (Å²) in [5.41, 5.74) is 0.282. The van der Waals surface area contributed by atoms with Gasteiger partial charge >= 0.3 is 16.8 Å². The van der Waals surface area contributed by atoms with Crippen molar-refractivity contribution in [3.8, 4) is 0 Å². The molecule has 1 N–H and O–H groups in total. The Morgan fingerprint density at radius 1 is 1.36 bits per heavy atom. The van der Waals surface area contributed by atoms with Gasteiger partial charge in [-0.2, -0.15) is 18.2 Å². The van der Waals surface area contributed by atoms with Crippen molar-refractivity contribution in [1.82, 2.24) is 0 Å². The van der Waals surface area contributed by atoms with Crippen LogP contribution >= 0.6 is 0 Å². The van der Waals surface area contributed by atoms with E-state index in [-0.39, 0.29) is 22.4 Å². The molecule has 0 aromatic rings. The van der Waals surface area contributed by atoms with Gasteiger partial charge in [0.1, 0.15) is 0 Å². The molecule has 2 rings (SSSR count). The molecule has 2 nitrogen and oxygen atoms in total. The summed E-state index contributed by atoms with van der Waals surface area (Å²) in [7, 11) is 0. The summed E-state index contributed by atoms with van der Waals surface area (Å²) in [6, 6.07) is 0. The second kappa shape index (κ2) is 7.35. The molecule has 0 aromatic heterocycles. The third-order valence-corrected chi connectivity index (χ3v) is 1.51. The molecule has 2 aliphatic carbocycles. The Kier molecular flexibility index (Phi) is 6.79. The zero-order valence-electron chi connectivity index (χ0n) is 7.49. The molecule has 0 bridgehead atoms. The fourth-order valence-electron chi connectivity index (χ4n) is 0.892. The van der Waals surface area contributed by atoms with Gasteiger partial charge in [-0.25, -0.2) is 12.2 Å². The summed E-state index contributed by atoms with van der Waals surface area (Å²) >= 11 is 0. The van der Waals surface area contributed by atoms with Crippen molar-refractivity contribution in [3.05, 3.63) is 48.1 Å². The van der Waals surface area contributed by atoms with Crippen LogP contribution in [0, 0.1) is 12.2 Å². The third-order valence-electron chi connectivity index (χ3n) is 1.51. The minimum Gasteiger partial charge on any atom is -0.535 e. The summed E-state index contributed by atoms with van der Waals surface area (Å²) in [4.78, 5) is 10.1. The number of allylic oxidation sites excluding steroid dienone is 6. The fourth-order valence-corrected chi connectivity index (χ4v) is 0.892. The Balaban J connectivity index is 0.000000246. The Labute approximate surface area is 93.9 Å². The van der Waals surface area contributed by atoms with Crippen LogP contribution in [-0.2, 0) is 21.6 Å². The quantitative estimate of drug-likeness (QED) is 0.704. The van der Waals surface area contributed by atoms with E-state index in [1.54, 1.807) is 12.2 Å². The van der Waals surface area contributed by atoms with Crippen molar-refractivity contribution in [2.24, 2.45) is 0 Å². The van der Waals surface area contributed by atoms with Crippen LogP contribution in [0.1, 0.15) is 12.8 Å². The standard InChI is InChI=1S/C6H5O2.C5H5.Co/c7-6(8)5-3-1-2-4-5;1-2-4-5-3-1;/h1,3H,2H2,(H,7,8);1-3H,4H2;/q2*-1;+2. The summed E-state index contributed by atoms with van der Waals surface area (Å²) in [6.45, 7) is 0. The Bertz CT molecular complexity index is 288. The van der Waals surface area contributed by atoms with E-state index < -0.39 is 5.97 Å². The van der Waals surface area contributed by atoms with E-state index in [0.29, 0.717) is 6.42 Å². The van der Waals surface area contributed by atoms with E-state index in [4.69, 9.17) is 5.11 Å². The van der Waals surface area contributed by atoms with Crippen molar-refractivity contribution in [2.45, 2.75) is 12.8 Å². The smallest absolute Gasteiger partial charge is 0.535 e. The molecule has 0 aromatic carbocycles. The maximum absolute atomic E-state index is 10.1. The minimum absolute atomic E-state index is 0. The summed E-state index contributed by atoms with van der Waals surface area (Å²) in [5.74, 6) is -0.890. The Morgan fingerprint density at radius 3 is 2.36 bits per heavy atom. The van der Waals surface area contributed by atoms with Crippen LogP contribution in [0.4, 0.5) is 0 Å². The van der Waals surface area contributed by atoms with Crippen molar-refractivity contribution in [3.63, 3.8) is 0 Å². The number of rotatable bonds is 1. The minimum atomic E-state index is -0.890. The van der Waals surface area contributed by atoms with Crippen LogP contribution in [0.15, 0.2) is 36.0 Å². The second-order valence-corrected chi connectivity index (χ2v) is 2.51. The molecule has 0 saturated heterocycles. The molecule has 0 aliphatic heterocycles.